The van der Waals surface area contributed by atoms with E-state index >= 15 is 0 Å². The largest absolute Gasteiger partial charge is 0.318 e. The molecule has 2 aromatic rings. The van der Waals surface area contributed by atoms with Crippen LogP contribution in [0.5, 0.6) is 0 Å². The zero-order chi connectivity index (χ0) is 18.2. The van der Waals surface area contributed by atoms with E-state index in [0.29, 0.717) is 11.0 Å². The summed E-state index contributed by atoms with van der Waals surface area (Å²) in [5.74, 6) is -1.28. The quantitative estimate of drug-likeness (QED) is 0.766. The first-order valence-corrected chi connectivity index (χ1v) is 9.28. The van der Waals surface area contributed by atoms with Crippen LogP contribution in [-0.2, 0) is 14.4 Å². The van der Waals surface area contributed by atoms with Gasteiger partial charge < -0.3 is 0 Å². The maximum Gasteiger partial charge on any atom is 0.318 e. The van der Waals surface area contributed by atoms with E-state index < -0.39 is 21.9 Å². The number of hydrogen-bond donors (Lipinski definition) is 0. The lowest BCUT2D eigenvalue weighted by atomic mass is 9.99. The van der Waals surface area contributed by atoms with E-state index in [1.807, 2.05) is 13.8 Å². The van der Waals surface area contributed by atoms with E-state index in [4.69, 9.17) is 4.28 Å². The van der Waals surface area contributed by atoms with Crippen molar-refractivity contribution in [3.05, 3.63) is 65.2 Å². The second-order valence-electron chi connectivity index (χ2n) is 5.86. The van der Waals surface area contributed by atoms with Crippen molar-refractivity contribution in [1.29, 1.82) is 0 Å². The number of carbonyl (C=O) groups is 2. The first-order chi connectivity index (χ1) is 11.8. The van der Waals surface area contributed by atoms with Gasteiger partial charge in [0, 0.05) is 0 Å². The molecule has 1 aliphatic rings. The van der Waals surface area contributed by atoms with Gasteiger partial charge in [0.15, 0.2) is 0 Å². The number of imide groups is 1. The lowest BCUT2D eigenvalue weighted by Gasteiger charge is -2.14. The number of rotatable bonds is 5. The predicted molar refractivity (Wildman–Crippen MR) is 90.4 cm³/mol. The van der Waals surface area contributed by atoms with Gasteiger partial charge in [-0.3, -0.25) is 9.59 Å². The third kappa shape index (κ3) is 3.08. The Hall–Kier alpha value is -2.51. The third-order valence-electron chi connectivity index (χ3n) is 4.28. The summed E-state index contributed by atoms with van der Waals surface area (Å²) in [7, 11) is -4.29. The monoisotopic (exact) mass is 359 g/mol. The molecule has 0 aliphatic carbocycles. The highest BCUT2D eigenvalue weighted by Crippen LogP contribution is 2.26. The number of fused-ring (bicyclic) bond motifs is 1. The van der Waals surface area contributed by atoms with Crippen LogP contribution in [0.1, 0.15) is 52.5 Å². The van der Waals surface area contributed by atoms with Crippen molar-refractivity contribution < 1.29 is 22.3 Å². The van der Waals surface area contributed by atoms with E-state index in [2.05, 4.69) is 0 Å². The van der Waals surface area contributed by atoms with Gasteiger partial charge in [0.25, 0.3) is 11.8 Å². The minimum absolute atomic E-state index is 0.115. The second kappa shape index (κ2) is 6.42. The van der Waals surface area contributed by atoms with Crippen LogP contribution in [0.15, 0.2) is 53.4 Å². The third-order valence-corrected chi connectivity index (χ3v) is 5.47. The van der Waals surface area contributed by atoms with E-state index in [0.717, 1.165) is 12.0 Å². The number of benzene rings is 2. The average Bonchev–Trinajstić information content (AvgIpc) is 2.86. The molecular weight excluding hydrogens is 342 g/mol. The minimum Gasteiger partial charge on any atom is -0.266 e. The molecule has 2 amide bonds. The number of hydroxylamine groups is 2. The maximum absolute atomic E-state index is 12.4. The SMILES string of the molecule is CCC(C)c1ccc(S(=O)(=O)ON2C(=O)c3ccccc3C2=O)cc1. The Kier molecular flexibility index (Phi) is 4.45. The molecule has 0 radical (unpaired) electrons. The van der Waals surface area contributed by atoms with Crippen LogP contribution >= 0.6 is 0 Å². The Morgan fingerprint density at radius 1 is 0.960 bits per heavy atom. The van der Waals surface area contributed by atoms with E-state index in [1.54, 1.807) is 24.3 Å². The van der Waals surface area contributed by atoms with Gasteiger partial charge in [-0.05, 0) is 42.2 Å². The fourth-order valence-corrected chi connectivity index (χ4v) is 3.46. The van der Waals surface area contributed by atoms with Gasteiger partial charge in [-0.15, -0.1) is 9.35 Å². The Labute approximate surface area is 146 Å². The van der Waals surface area contributed by atoms with Gasteiger partial charge in [0.2, 0.25) is 0 Å². The molecule has 1 heterocycles. The van der Waals surface area contributed by atoms with Crippen molar-refractivity contribution in [3.8, 4) is 0 Å². The number of nitrogens with zero attached hydrogens (tertiary/aromatic N) is 1. The molecule has 1 atom stereocenters. The standard InChI is InChI=1S/C18H17NO5S/c1-3-12(2)13-8-10-14(11-9-13)25(22,23)24-19-17(20)15-6-4-5-7-16(15)18(19)21/h4-12H,3H2,1-2H3. The summed E-state index contributed by atoms with van der Waals surface area (Å²) < 4.78 is 29.7. The minimum atomic E-state index is -4.29. The van der Waals surface area contributed by atoms with Crippen LogP contribution < -0.4 is 0 Å². The van der Waals surface area contributed by atoms with Gasteiger partial charge >= 0.3 is 10.1 Å². The zero-order valence-electron chi connectivity index (χ0n) is 13.8. The predicted octanol–water partition coefficient (Wildman–Crippen LogP) is 3.12. The van der Waals surface area contributed by atoms with Crippen molar-refractivity contribution in [2.24, 2.45) is 0 Å². The Balaban J connectivity index is 1.85. The first kappa shape index (κ1) is 17.3. The van der Waals surface area contributed by atoms with Crippen LogP contribution in [-0.4, -0.2) is 25.3 Å². The maximum atomic E-state index is 12.4. The highest BCUT2D eigenvalue weighted by atomic mass is 32.2. The summed E-state index contributed by atoms with van der Waals surface area (Å²) in [4.78, 5) is 24.3. The lowest BCUT2D eigenvalue weighted by molar-refractivity contribution is -0.0103. The molecule has 1 unspecified atom stereocenters. The van der Waals surface area contributed by atoms with Gasteiger partial charge in [0.05, 0.1) is 16.0 Å². The normalized spacial score (nSPS) is 15.4. The second-order valence-corrected chi connectivity index (χ2v) is 7.39. The van der Waals surface area contributed by atoms with Crippen molar-refractivity contribution in [3.63, 3.8) is 0 Å². The first-order valence-electron chi connectivity index (χ1n) is 7.87. The fourth-order valence-electron chi connectivity index (χ4n) is 2.57. The molecule has 0 saturated heterocycles. The smallest absolute Gasteiger partial charge is 0.266 e. The van der Waals surface area contributed by atoms with Gasteiger partial charge in [-0.2, -0.15) is 8.42 Å². The van der Waals surface area contributed by atoms with Crippen LogP contribution in [0.4, 0.5) is 0 Å². The van der Waals surface area contributed by atoms with E-state index in [1.165, 1.54) is 24.3 Å². The molecule has 1 aliphatic heterocycles. The van der Waals surface area contributed by atoms with Crippen molar-refractivity contribution >= 4 is 21.9 Å². The van der Waals surface area contributed by atoms with Crippen molar-refractivity contribution in [2.75, 3.05) is 0 Å². The summed E-state index contributed by atoms with van der Waals surface area (Å²) >= 11 is 0. The number of amides is 2. The van der Waals surface area contributed by atoms with Crippen LogP contribution in [0, 0.1) is 0 Å². The van der Waals surface area contributed by atoms with E-state index in [-0.39, 0.29) is 16.0 Å². The Morgan fingerprint density at radius 3 is 1.96 bits per heavy atom. The van der Waals surface area contributed by atoms with Crippen molar-refractivity contribution in [1.82, 2.24) is 5.06 Å². The molecule has 0 aromatic heterocycles. The van der Waals surface area contributed by atoms with Gasteiger partial charge in [-0.1, -0.05) is 38.1 Å². The topological polar surface area (TPSA) is 80.8 Å². The van der Waals surface area contributed by atoms with Gasteiger partial charge in [-0.25, -0.2) is 0 Å². The van der Waals surface area contributed by atoms with Gasteiger partial charge in [0.1, 0.15) is 0 Å². The Morgan fingerprint density at radius 2 is 1.48 bits per heavy atom. The molecule has 2 aromatic carbocycles. The molecule has 6 nitrogen and oxygen atoms in total. The molecule has 0 spiro atoms. The van der Waals surface area contributed by atoms with Crippen molar-refractivity contribution in [2.45, 2.75) is 31.1 Å². The average molecular weight is 359 g/mol. The highest BCUT2D eigenvalue weighted by Gasteiger charge is 2.39. The fraction of sp³-hybridized carbons (Fsp3) is 0.222. The molecule has 7 heteroatoms. The molecule has 130 valence electrons. The molecule has 0 fully saturated rings. The molecule has 3 rings (SSSR count). The van der Waals surface area contributed by atoms with E-state index in [9.17, 15) is 18.0 Å². The lowest BCUT2D eigenvalue weighted by Crippen LogP contribution is -2.32. The number of hydrogen-bond acceptors (Lipinski definition) is 5. The molecular formula is C18H17NO5S. The van der Waals surface area contributed by atoms with Crippen LogP contribution in [0.3, 0.4) is 0 Å². The summed E-state index contributed by atoms with van der Waals surface area (Å²) in [5.41, 5.74) is 1.24. The highest BCUT2D eigenvalue weighted by molar-refractivity contribution is 7.86. The molecule has 0 N–H and O–H groups in total. The summed E-state index contributed by atoms with van der Waals surface area (Å²) in [6.45, 7) is 4.08. The van der Waals surface area contributed by atoms with Crippen LogP contribution in [0.25, 0.3) is 0 Å². The zero-order valence-corrected chi connectivity index (χ0v) is 14.6. The Bertz CT molecular complexity index is 899. The molecule has 0 bridgehead atoms. The van der Waals surface area contributed by atoms with Crippen LogP contribution in [0.2, 0.25) is 0 Å². The molecule has 0 saturated carbocycles. The summed E-state index contributed by atoms with van der Waals surface area (Å²) in [6.07, 6.45) is 0.928. The summed E-state index contributed by atoms with van der Waals surface area (Å²) in [5, 5.41) is 0.294. The number of carbonyl (C=O) groups excluding carboxylic acids is 2. The molecule has 25 heavy (non-hydrogen) atoms. The summed E-state index contributed by atoms with van der Waals surface area (Å²) in [6, 6.07) is 12.3.